The van der Waals surface area contributed by atoms with E-state index in [-0.39, 0.29) is 11.9 Å². The second kappa shape index (κ2) is 9.32. The summed E-state index contributed by atoms with van der Waals surface area (Å²) in [7, 11) is 0. The molecule has 0 atom stereocenters. The van der Waals surface area contributed by atoms with Gasteiger partial charge in [0.1, 0.15) is 0 Å². The smallest absolute Gasteiger partial charge is 0.255 e. The first-order valence-corrected chi connectivity index (χ1v) is 10.8. The van der Waals surface area contributed by atoms with Gasteiger partial charge in [-0.15, -0.1) is 0 Å². The largest absolute Gasteiger partial charge is 0.345 e. The highest BCUT2D eigenvalue weighted by atomic mass is 35.5. The van der Waals surface area contributed by atoms with Crippen LogP contribution in [0.5, 0.6) is 0 Å². The minimum absolute atomic E-state index is 0.0370. The summed E-state index contributed by atoms with van der Waals surface area (Å²) in [5.74, 6) is 0.0370. The highest BCUT2D eigenvalue weighted by molar-refractivity contribution is 6.33. The molecule has 1 aromatic heterocycles. The molecule has 0 saturated heterocycles. The van der Waals surface area contributed by atoms with E-state index in [0.717, 1.165) is 25.1 Å². The molecule has 3 nitrogen and oxygen atoms in total. The Morgan fingerprint density at radius 2 is 1.66 bits per heavy atom. The second-order valence-corrected chi connectivity index (χ2v) is 8.22. The third-order valence-electron chi connectivity index (χ3n) is 5.83. The molecular weight excluding hydrogens is 380 g/mol. The molecule has 2 aromatic carbocycles. The molecule has 0 unspecified atom stereocenters. The predicted octanol–water partition coefficient (Wildman–Crippen LogP) is 6.16. The molecule has 0 aliphatic heterocycles. The van der Waals surface area contributed by atoms with Crippen molar-refractivity contribution in [1.82, 2.24) is 9.47 Å². The molecule has 0 N–H and O–H groups in total. The van der Waals surface area contributed by atoms with Crippen LogP contribution < -0.4 is 0 Å². The van der Waals surface area contributed by atoms with Crippen molar-refractivity contribution in [3.05, 3.63) is 94.8 Å². The molecule has 3 aromatic rings. The van der Waals surface area contributed by atoms with Crippen LogP contribution in [-0.4, -0.2) is 21.4 Å². The van der Waals surface area contributed by atoms with Crippen LogP contribution in [0, 0.1) is 0 Å². The van der Waals surface area contributed by atoms with Crippen molar-refractivity contribution in [1.29, 1.82) is 0 Å². The SMILES string of the molecule is O=C(c1ccccc1Cl)N(Cc1cccn1Cc1ccccc1)C1CCCCC1. The van der Waals surface area contributed by atoms with Gasteiger partial charge < -0.3 is 9.47 Å². The van der Waals surface area contributed by atoms with Gasteiger partial charge in [-0.25, -0.2) is 0 Å². The predicted molar refractivity (Wildman–Crippen MR) is 118 cm³/mol. The number of hydrogen-bond acceptors (Lipinski definition) is 1. The summed E-state index contributed by atoms with van der Waals surface area (Å²) in [4.78, 5) is 15.5. The molecule has 1 aliphatic rings. The van der Waals surface area contributed by atoms with Gasteiger partial charge in [-0.3, -0.25) is 4.79 Å². The molecule has 4 rings (SSSR count). The molecule has 0 spiro atoms. The standard InChI is InChI=1S/C25H27ClN2O/c26-24-16-8-7-15-23(24)25(29)28(21-12-5-2-6-13-21)19-22-14-9-17-27(22)18-20-10-3-1-4-11-20/h1,3-4,7-11,14-17,21H,2,5-6,12-13,18-19H2. The molecule has 0 radical (unpaired) electrons. The summed E-state index contributed by atoms with van der Waals surface area (Å²) < 4.78 is 2.24. The Balaban J connectivity index is 1.60. The summed E-state index contributed by atoms with van der Waals surface area (Å²) in [5.41, 5.74) is 3.01. The van der Waals surface area contributed by atoms with Gasteiger partial charge in [0.25, 0.3) is 5.91 Å². The Morgan fingerprint density at radius 3 is 2.41 bits per heavy atom. The van der Waals surface area contributed by atoms with Gasteiger partial charge in [-0.2, -0.15) is 0 Å². The Hall–Kier alpha value is -2.52. The van der Waals surface area contributed by atoms with Gasteiger partial charge in [-0.05, 0) is 42.7 Å². The topological polar surface area (TPSA) is 25.2 Å². The first-order chi connectivity index (χ1) is 14.2. The number of nitrogens with zero attached hydrogens (tertiary/aromatic N) is 2. The van der Waals surface area contributed by atoms with Crippen LogP contribution in [0.25, 0.3) is 0 Å². The zero-order chi connectivity index (χ0) is 20.1. The monoisotopic (exact) mass is 406 g/mol. The average Bonchev–Trinajstić information content (AvgIpc) is 3.20. The minimum atomic E-state index is 0.0370. The first-order valence-electron chi connectivity index (χ1n) is 10.5. The van der Waals surface area contributed by atoms with Crippen LogP contribution in [0.4, 0.5) is 0 Å². The zero-order valence-electron chi connectivity index (χ0n) is 16.6. The Bertz CT molecular complexity index is 944. The lowest BCUT2D eigenvalue weighted by atomic mass is 9.93. The van der Waals surface area contributed by atoms with Crippen LogP contribution in [-0.2, 0) is 13.1 Å². The molecule has 0 bridgehead atoms. The fourth-order valence-electron chi connectivity index (χ4n) is 4.25. The van der Waals surface area contributed by atoms with E-state index in [1.54, 1.807) is 6.07 Å². The number of hydrogen-bond donors (Lipinski definition) is 0. The normalized spacial score (nSPS) is 14.7. The van der Waals surface area contributed by atoms with E-state index in [1.165, 1.54) is 24.8 Å². The summed E-state index contributed by atoms with van der Waals surface area (Å²) in [6, 6.07) is 22.3. The maximum absolute atomic E-state index is 13.5. The van der Waals surface area contributed by atoms with Crippen LogP contribution in [0.1, 0.15) is 53.7 Å². The molecule has 1 heterocycles. The summed E-state index contributed by atoms with van der Waals surface area (Å²) >= 11 is 6.37. The third kappa shape index (κ3) is 4.73. The van der Waals surface area contributed by atoms with Crippen molar-refractivity contribution in [2.45, 2.75) is 51.2 Å². The zero-order valence-corrected chi connectivity index (χ0v) is 17.4. The summed E-state index contributed by atoms with van der Waals surface area (Å²) in [6.07, 6.45) is 7.85. The van der Waals surface area contributed by atoms with Crippen LogP contribution in [0.2, 0.25) is 5.02 Å². The number of carbonyl (C=O) groups excluding carboxylic acids is 1. The number of halogens is 1. The highest BCUT2D eigenvalue weighted by Crippen LogP contribution is 2.27. The van der Waals surface area contributed by atoms with E-state index in [4.69, 9.17) is 11.6 Å². The van der Waals surface area contributed by atoms with Gasteiger partial charge >= 0.3 is 0 Å². The summed E-state index contributed by atoms with van der Waals surface area (Å²) in [6.45, 7) is 1.41. The minimum Gasteiger partial charge on any atom is -0.345 e. The molecule has 1 fully saturated rings. The van der Waals surface area contributed by atoms with Crippen molar-refractivity contribution in [3.8, 4) is 0 Å². The molecule has 4 heteroatoms. The quantitative estimate of drug-likeness (QED) is 0.480. The van der Waals surface area contributed by atoms with E-state index in [2.05, 4.69) is 52.1 Å². The molecule has 1 amide bonds. The molecular formula is C25H27ClN2O. The van der Waals surface area contributed by atoms with E-state index in [0.29, 0.717) is 17.1 Å². The van der Waals surface area contributed by atoms with Crippen molar-refractivity contribution >= 4 is 17.5 Å². The maximum Gasteiger partial charge on any atom is 0.255 e. The number of amides is 1. The number of aromatic nitrogens is 1. The maximum atomic E-state index is 13.5. The number of carbonyl (C=O) groups is 1. The Kier molecular flexibility index (Phi) is 6.36. The van der Waals surface area contributed by atoms with Crippen LogP contribution >= 0.6 is 11.6 Å². The fourth-order valence-corrected chi connectivity index (χ4v) is 4.47. The van der Waals surface area contributed by atoms with E-state index in [9.17, 15) is 4.79 Å². The lowest BCUT2D eigenvalue weighted by Gasteiger charge is -2.35. The summed E-state index contributed by atoms with van der Waals surface area (Å²) in [5, 5.41) is 0.526. The fraction of sp³-hybridized carbons (Fsp3) is 0.320. The molecule has 150 valence electrons. The van der Waals surface area contributed by atoms with Crippen LogP contribution in [0.15, 0.2) is 72.9 Å². The number of rotatable bonds is 6. The second-order valence-electron chi connectivity index (χ2n) is 7.82. The van der Waals surface area contributed by atoms with Crippen molar-refractivity contribution in [2.24, 2.45) is 0 Å². The van der Waals surface area contributed by atoms with Crippen LogP contribution in [0.3, 0.4) is 0 Å². The van der Waals surface area contributed by atoms with E-state index in [1.807, 2.05) is 24.3 Å². The van der Waals surface area contributed by atoms with Gasteiger partial charge in [0.2, 0.25) is 0 Å². The average molecular weight is 407 g/mol. The first kappa shape index (κ1) is 19.8. The van der Waals surface area contributed by atoms with Gasteiger partial charge in [-0.1, -0.05) is 73.3 Å². The lowest BCUT2D eigenvalue weighted by molar-refractivity contribution is 0.0609. The van der Waals surface area contributed by atoms with E-state index >= 15 is 0 Å². The van der Waals surface area contributed by atoms with Crippen molar-refractivity contribution < 1.29 is 4.79 Å². The van der Waals surface area contributed by atoms with E-state index < -0.39 is 0 Å². The highest BCUT2D eigenvalue weighted by Gasteiger charge is 2.28. The Labute approximate surface area is 177 Å². The van der Waals surface area contributed by atoms with Gasteiger partial charge in [0, 0.05) is 24.5 Å². The van der Waals surface area contributed by atoms with Crippen molar-refractivity contribution in [2.75, 3.05) is 0 Å². The lowest BCUT2D eigenvalue weighted by Crippen LogP contribution is -2.41. The third-order valence-corrected chi connectivity index (χ3v) is 6.16. The molecule has 1 aliphatic carbocycles. The van der Waals surface area contributed by atoms with Gasteiger partial charge in [0.15, 0.2) is 0 Å². The Morgan fingerprint density at radius 1 is 0.931 bits per heavy atom. The van der Waals surface area contributed by atoms with Gasteiger partial charge in [0.05, 0.1) is 17.1 Å². The number of benzene rings is 2. The molecule has 1 saturated carbocycles. The van der Waals surface area contributed by atoms with Crippen molar-refractivity contribution in [3.63, 3.8) is 0 Å². The molecule has 29 heavy (non-hydrogen) atoms.